The van der Waals surface area contributed by atoms with Crippen LogP contribution in [-0.2, 0) is 18.0 Å². The highest BCUT2D eigenvalue weighted by molar-refractivity contribution is 5.96. The molecule has 2 N–H and O–H groups in total. The molecule has 4 rings (SSSR count). The second-order valence-corrected chi connectivity index (χ2v) is 9.34. The van der Waals surface area contributed by atoms with Crippen LogP contribution in [0.1, 0.15) is 60.0 Å². The van der Waals surface area contributed by atoms with Gasteiger partial charge in [0.15, 0.2) is 0 Å². The molecule has 1 amide bonds. The molecule has 1 aliphatic rings. The summed E-state index contributed by atoms with van der Waals surface area (Å²) in [6, 6.07) is 23.6. The number of carboxylic acid groups (broad SMARTS) is 1. The highest BCUT2D eigenvalue weighted by Gasteiger charge is 2.25. The van der Waals surface area contributed by atoms with E-state index in [9.17, 15) is 14.7 Å². The first-order valence-electron chi connectivity index (χ1n) is 12.6. The number of aliphatic carboxylic acids is 1. The van der Waals surface area contributed by atoms with Crippen molar-refractivity contribution in [2.45, 2.75) is 57.8 Å². The van der Waals surface area contributed by atoms with E-state index in [1.165, 1.54) is 6.42 Å². The molecule has 6 nitrogen and oxygen atoms in total. The number of ether oxygens (including phenoxy) is 2. The van der Waals surface area contributed by atoms with Gasteiger partial charge in [0.1, 0.15) is 30.8 Å². The van der Waals surface area contributed by atoms with Crippen LogP contribution in [0.2, 0.25) is 0 Å². The van der Waals surface area contributed by atoms with Crippen LogP contribution in [0.25, 0.3) is 0 Å². The maximum Gasteiger partial charge on any atom is 0.326 e. The van der Waals surface area contributed by atoms with Gasteiger partial charge in [-0.25, -0.2) is 4.79 Å². The fraction of sp³-hybridized carbons (Fsp3) is 0.333. The molecule has 0 aromatic heterocycles. The average molecular weight is 488 g/mol. The van der Waals surface area contributed by atoms with Crippen molar-refractivity contribution in [1.29, 1.82) is 0 Å². The van der Waals surface area contributed by atoms with E-state index in [2.05, 4.69) is 5.32 Å². The van der Waals surface area contributed by atoms with Crippen molar-refractivity contribution in [2.75, 3.05) is 0 Å². The molecule has 0 spiro atoms. The van der Waals surface area contributed by atoms with Gasteiger partial charge in [0.05, 0.1) is 0 Å². The molecule has 1 saturated carbocycles. The van der Waals surface area contributed by atoms with Crippen molar-refractivity contribution in [3.8, 4) is 11.5 Å². The zero-order valence-corrected chi connectivity index (χ0v) is 20.4. The molecule has 0 bridgehead atoms. The quantitative estimate of drug-likeness (QED) is 0.347. The fourth-order valence-electron chi connectivity index (χ4n) is 4.55. The van der Waals surface area contributed by atoms with Crippen LogP contribution in [0.4, 0.5) is 0 Å². The lowest BCUT2D eigenvalue weighted by Gasteiger charge is -2.25. The number of rotatable bonds is 11. The van der Waals surface area contributed by atoms with Crippen molar-refractivity contribution in [3.63, 3.8) is 0 Å². The molecule has 0 saturated heterocycles. The Morgan fingerprint density at radius 3 is 2.19 bits per heavy atom. The zero-order valence-electron chi connectivity index (χ0n) is 20.4. The monoisotopic (exact) mass is 487 g/mol. The summed E-state index contributed by atoms with van der Waals surface area (Å²) in [4.78, 5) is 24.4. The number of carbonyl (C=O) groups excluding carboxylic acids is 1. The highest BCUT2D eigenvalue weighted by Crippen LogP contribution is 2.27. The van der Waals surface area contributed by atoms with Crippen LogP contribution in [0.5, 0.6) is 11.5 Å². The van der Waals surface area contributed by atoms with Gasteiger partial charge in [-0.2, -0.15) is 0 Å². The smallest absolute Gasteiger partial charge is 0.326 e. The molecule has 0 radical (unpaired) electrons. The molecular weight excluding hydrogens is 454 g/mol. The maximum absolute atomic E-state index is 12.7. The van der Waals surface area contributed by atoms with Crippen LogP contribution in [0.3, 0.4) is 0 Å². The van der Waals surface area contributed by atoms with Gasteiger partial charge in [0.2, 0.25) is 0 Å². The molecule has 1 fully saturated rings. The Hall–Kier alpha value is -3.80. The number of amides is 1. The summed E-state index contributed by atoms with van der Waals surface area (Å²) >= 11 is 0. The summed E-state index contributed by atoms with van der Waals surface area (Å²) in [7, 11) is 0. The first-order valence-corrected chi connectivity index (χ1v) is 12.6. The first-order chi connectivity index (χ1) is 17.6. The third-order valence-electron chi connectivity index (χ3n) is 6.57. The van der Waals surface area contributed by atoms with Gasteiger partial charge in [-0.3, -0.25) is 4.79 Å². The Morgan fingerprint density at radius 2 is 1.47 bits per heavy atom. The molecule has 188 valence electrons. The lowest BCUT2D eigenvalue weighted by Crippen LogP contribution is -2.42. The second kappa shape index (κ2) is 12.8. The van der Waals surface area contributed by atoms with Gasteiger partial charge in [0, 0.05) is 5.56 Å². The van der Waals surface area contributed by atoms with Crippen molar-refractivity contribution in [3.05, 3.63) is 95.6 Å². The van der Waals surface area contributed by atoms with Crippen LogP contribution >= 0.6 is 0 Å². The highest BCUT2D eigenvalue weighted by atomic mass is 16.5. The fourth-order valence-corrected chi connectivity index (χ4v) is 4.55. The van der Waals surface area contributed by atoms with E-state index in [1.807, 2.05) is 54.6 Å². The number of carboxylic acids is 1. The third-order valence-corrected chi connectivity index (χ3v) is 6.57. The van der Waals surface area contributed by atoms with Gasteiger partial charge in [-0.05, 0) is 59.9 Å². The Balaban J connectivity index is 1.27. The standard InChI is InChI=1S/C30H33NO5/c32-29(31-28(30(33)34)19-22-8-3-1-4-9-22)25-14-16-26(17-15-25)35-21-24-12-7-13-27(18-24)36-20-23-10-5-2-6-11-23/h2,5-7,10-18,22,28H,1,3-4,8-9,19-21H2,(H,31,32)(H,33,34)/t28-/m0/s1. The topological polar surface area (TPSA) is 84.9 Å². The van der Waals surface area contributed by atoms with Crippen molar-refractivity contribution in [1.82, 2.24) is 5.32 Å². The van der Waals surface area contributed by atoms with Gasteiger partial charge in [-0.1, -0.05) is 74.6 Å². The predicted octanol–water partition coefficient (Wildman–Crippen LogP) is 6.00. The number of nitrogens with one attached hydrogen (secondary N) is 1. The molecule has 0 aliphatic heterocycles. The summed E-state index contributed by atoms with van der Waals surface area (Å²) in [5.41, 5.74) is 2.48. The number of hydrogen-bond donors (Lipinski definition) is 2. The molecule has 1 atom stereocenters. The van der Waals surface area contributed by atoms with Gasteiger partial charge < -0.3 is 19.9 Å². The van der Waals surface area contributed by atoms with E-state index in [1.54, 1.807) is 24.3 Å². The van der Waals surface area contributed by atoms with E-state index in [0.29, 0.717) is 36.9 Å². The van der Waals surface area contributed by atoms with Crippen LogP contribution in [0.15, 0.2) is 78.9 Å². The minimum absolute atomic E-state index is 0.358. The van der Waals surface area contributed by atoms with E-state index < -0.39 is 12.0 Å². The molecule has 0 heterocycles. The lowest BCUT2D eigenvalue weighted by atomic mass is 9.85. The number of carbonyl (C=O) groups is 2. The SMILES string of the molecule is O=C(N[C@@H](CC1CCCCC1)C(=O)O)c1ccc(OCc2cccc(OCc3ccccc3)c2)cc1. The Labute approximate surface area is 212 Å². The molecule has 3 aromatic carbocycles. The molecule has 6 heteroatoms. The maximum atomic E-state index is 12.7. The third kappa shape index (κ3) is 7.60. The predicted molar refractivity (Wildman–Crippen MR) is 138 cm³/mol. The summed E-state index contributed by atoms with van der Waals surface area (Å²) < 4.78 is 11.8. The molecule has 36 heavy (non-hydrogen) atoms. The minimum atomic E-state index is -0.983. The summed E-state index contributed by atoms with van der Waals surface area (Å²) in [6.07, 6.45) is 6.04. The van der Waals surface area contributed by atoms with E-state index >= 15 is 0 Å². The molecule has 3 aromatic rings. The first kappa shape index (κ1) is 25.3. The Morgan fingerprint density at radius 1 is 0.806 bits per heavy atom. The van der Waals surface area contributed by atoms with Crippen molar-refractivity contribution >= 4 is 11.9 Å². The summed E-state index contributed by atoms with van der Waals surface area (Å²) in [5, 5.41) is 12.3. The van der Waals surface area contributed by atoms with E-state index in [4.69, 9.17) is 9.47 Å². The second-order valence-electron chi connectivity index (χ2n) is 9.34. The zero-order chi connectivity index (χ0) is 25.2. The van der Waals surface area contributed by atoms with E-state index in [0.717, 1.165) is 42.6 Å². The van der Waals surface area contributed by atoms with Gasteiger partial charge >= 0.3 is 5.97 Å². The molecular formula is C30H33NO5. The lowest BCUT2D eigenvalue weighted by molar-refractivity contribution is -0.139. The summed E-state index contributed by atoms with van der Waals surface area (Å²) in [5.74, 6) is 0.391. The van der Waals surface area contributed by atoms with Crippen LogP contribution < -0.4 is 14.8 Å². The normalized spacial score (nSPS) is 14.6. The van der Waals surface area contributed by atoms with Crippen molar-refractivity contribution in [2.24, 2.45) is 5.92 Å². The van der Waals surface area contributed by atoms with E-state index in [-0.39, 0.29) is 5.91 Å². The van der Waals surface area contributed by atoms with Gasteiger partial charge in [0.25, 0.3) is 5.91 Å². The molecule has 0 unspecified atom stereocenters. The van der Waals surface area contributed by atoms with Crippen molar-refractivity contribution < 1.29 is 24.2 Å². The number of hydrogen-bond acceptors (Lipinski definition) is 4. The summed E-state index contributed by atoms with van der Waals surface area (Å²) in [6.45, 7) is 0.856. The Kier molecular flexibility index (Phi) is 8.98. The van der Waals surface area contributed by atoms with Gasteiger partial charge in [-0.15, -0.1) is 0 Å². The minimum Gasteiger partial charge on any atom is -0.489 e. The largest absolute Gasteiger partial charge is 0.489 e. The Bertz CT molecular complexity index is 1120. The molecule has 1 aliphatic carbocycles. The van der Waals surface area contributed by atoms with Crippen LogP contribution in [-0.4, -0.2) is 23.0 Å². The average Bonchev–Trinajstić information content (AvgIpc) is 2.92. The number of benzene rings is 3. The van der Waals surface area contributed by atoms with Crippen LogP contribution in [0, 0.1) is 5.92 Å².